The average molecular weight is 381 g/mol. The van der Waals surface area contributed by atoms with Crippen LogP contribution < -0.4 is 4.74 Å². The van der Waals surface area contributed by atoms with Gasteiger partial charge in [-0.1, -0.05) is 6.07 Å². The first-order valence-corrected chi connectivity index (χ1v) is 10.1. The molecule has 1 aromatic carbocycles. The summed E-state index contributed by atoms with van der Waals surface area (Å²) in [7, 11) is -0.908. The fourth-order valence-corrected chi connectivity index (χ4v) is 5.34. The molecular weight excluding hydrogens is 362 g/mol. The zero-order valence-electron chi connectivity index (χ0n) is 13.9. The van der Waals surface area contributed by atoms with Crippen LogP contribution in [0.25, 0.3) is 0 Å². The summed E-state index contributed by atoms with van der Waals surface area (Å²) < 4.78 is 37.3. The molecule has 1 fully saturated rings. The number of nitrogens with zero attached hydrogens (tertiary/aromatic N) is 1. The van der Waals surface area contributed by atoms with Gasteiger partial charge in [-0.3, -0.25) is 4.79 Å². The molecule has 0 N–H and O–H groups in total. The first-order chi connectivity index (χ1) is 12.0. The molecule has 1 aliphatic heterocycles. The summed E-state index contributed by atoms with van der Waals surface area (Å²) in [6.07, 6.45) is 0. The van der Waals surface area contributed by atoms with Gasteiger partial charge in [-0.15, -0.1) is 0 Å². The fourth-order valence-electron chi connectivity index (χ4n) is 3.09. The lowest BCUT2D eigenvalue weighted by Gasteiger charge is -2.16. The minimum absolute atomic E-state index is 0.104. The second-order valence-electron chi connectivity index (χ2n) is 5.79. The Hall–Kier alpha value is -1.90. The van der Waals surface area contributed by atoms with Crippen molar-refractivity contribution < 1.29 is 22.7 Å². The molecule has 25 heavy (non-hydrogen) atoms. The zero-order chi connectivity index (χ0) is 18.0. The van der Waals surface area contributed by atoms with Crippen LogP contribution in [0.5, 0.6) is 5.75 Å². The predicted molar refractivity (Wildman–Crippen MR) is 94.3 cm³/mol. The van der Waals surface area contributed by atoms with Gasteiger partial charge in [-0.25, -0.2) is 8.42 Å². The van der Waals surface area contributed by atoms with E-state index >= 15 is 0 Å². The lowest BCUT2D eigenvalue weighted by atomic mass is 9.91. The van der Waals surface area contributed by atoms with Crippen LogP contribution in [-0.2, 0) is 19.6 Å². The maximum absolute atomic E-state index is 13.0. The van der Waals surface area contributed by atoms with Crippen LogP contribution in [0, 0.1) is 5.92 Å². The number of benzene rings is 1. The van der Waals surface area contributed by atoms with Gasteiger partial charge in [0.25, 0.3) is 0 Å². The van der Waals surface area contributed by atoms with Crippen molar-refractivity contribution in [3.05, 3.63) is 46.7 Å². The van der Waals surface area contributed by atoms with Crippen LogP contribution >= 0.6 is 11.3 Å². The topological polar surface area (TPSA) is 72.9 Å². The van der Waals surface area contributed by atoms with Gasteiger partial charge in [0, 0.05) is 25.1 Å². The Morgan fingerprint density at radius 2 is 2.04 bits per heavy atom. The van der Waals surface area contributed by atoms with E-state index in [9.17, 15) is 13.2 Å². The number of carbonyl (C=O) groups excluding carboxylic acids is 1. The monoisotopic (exact) mass is 381 g/mol. The number of thiophene rings is 1. The van der Waals surface area contributed by atoms with Crippen LogP contribution in [0.4, 0.5) is 0 Å². The zero-order valence-corrected chi connectivity index (χ0v) is 15.5. The molecule has 8 heteroatoms. The minimum Gasteiger partial charge on any atom is -0.497 e. The number of esters is 1. The van der Waals surface area contributed by atoms with Gasteiger partial charge in [0.05, 0.1) is 25.0 Å². The third-order valence-electron chi connectivity index (χ3n) is 4.44. The van der Waals surface area contributed by atoms with Crippen molar-refractivity contribution in [2.75, 3.05) is 27.3 Å². The molecule has 1 aliphatic rings. The highest BCUT2D eigenvalue weighted by molar-refractivity contribution is 7.89. The molecule has 2 aromatic rings. The van der Waals surface area contributed by atoms with Crippen molar-refractivity contribution in [1.82, 2.24) is 4.31 Å². The Balaban J connectivity index is 1.93. The Morgan fingerprint density at radius 3 is 2.68 bits per heavy atom. The van der Waals surface area contributed by atoms with E-state index < -0.39 is 15.9 Å². The Labute approximate surface area is 151 Å². The van der Waals surface area contributed by atoms with Crippen molar-refractivity contribution in [3.63, 3.8) is 0 Å². The van der Waals surface area contributed by atoms with Crippen LogP contribution in [0.3, 0.4) is 0 Å². The van der Waals surface area contributed by atoms with Gasteiger partial charge >= 0.3 is 5.97 Å². The normalized spacial score (nSPS) is 21.2. The number of sulfonamides is 1. The smallest absolute Gasteiger partial charge is 0.310 e. The SMILES string of the molecule is COC(=O)[C@@H]1CN(S(=O)(=O)c2cccc(OC)c2)C[C@H]1c1ccsc1. The van der Waals surface area contributed by atoms with E-state index in [1.807, 2.05) is 16.8 Å². The largest absolute Gasteiger partial charge is 0.497 e. The summed E-state index contributed by atoms with van der Waals surface area (Å²) in [5, 5.41) is 3.87. The molecule has 2 atom stereocenters. The highest BCUT2D eigenvalue weighted by atomic mass is 32.2. The van der Waals surface area contributed by atoms with Gasteiger partial charge < -0.3 is 9.47 Å². The van der Waals surface area contributed by atoms with E-state index in [-0.39, 0.29) is 29.9 Å². The van der Waals surface area contributed by atoms with E-state index in [1.165, 1.54) is 42.0 Å². The van der Waals surface area contributed by atoms with E-state index in [2.05, 4.69) is 0 Å². The second kappa shape index (κ2) is 7.15. The van der Waals surface area contributed by atoms with Crippen molar-refractivity contribution >= 4 is 27.3 Å². The van der Waals surface area contributed by atoms with Crippen LogP contribution in [0.2, 0.25) is 0 Å². The summed E-state index contributed by atoms with van der Waals surface area (Å²) in [6, 6.07) is 8.26. The summed E-state index contributed by atoms with van der Waals surface area (Å²) in [5.74, 6) is -0.641. The molecule has 0 aliphatic carbocycles. The van der Waals surface area contributed by atoms with Gasteiger partial charge in [-0.05, 0) is 34.5 Å². The molecule has 0 spiro atoms. The van der Waals surface area contributed by atoms with Gasteiger partial charge in [0.2, 0.25) is 10.0 Å². The molecule has 0 bridgehead atoms. The molecule has 1 saturated heterocycles. The maximum Gasteiger partial charge on any atom is 0.310 e. The molecule has 1 aromatic heterocycles. The number of hydrogen-bond donors (Lipinski definition) is 0. The van der Waals surface area contributed by atoms with Crippen LogP contribution in [-0.4, -0.2) is 46.0 Å². The van der Waals surface area contributed by atoms with Crippen molar-refractivity contribution in [3.8, 4) is 5.75 Å². The fraction of sp³-hybridized carbons (Fsp3) is 0.353. The van der Waals surface area contributed by atoms with E-state index in [4.69, 9.17) is 9.47 Å². The number of ether oxygens (including phenoxy) is 2. The lowest BCUT2D eigenvalue weighted by Crippen LogP contribution is -2.30. The molecule has 2 heterocycles. The number of carbonyl (C=O) groups is 1. The van der Waals surface area contributed by atoms with Crippen LogP contribution in [0.1, 0.15) is 11.5 Å². The molecule has 6 nitrogen and oxygen atoms in total. The molecule has 3 rings (SSSR count). The lowest BCUT2D eigenvalue weighted by molar-refractivity contribution is -0.145. The summed E-state index contributed by atoms with van der Waals surface area (Å²) in [4.78, 5) is 12.3. The van der Waals surface area contributed by atoms with Crippen molar-refractivity contribution in [2.24, 2.45) is 5.92 Å². The van der Waals surface area contributed by atoms with Gasteiger partial charge in [-0.2, -0.15) is 15.6 Å². The van der Waals surface area contributed by atoms with Gasteiger partial charge in [0.15, 0.2) is 0 Å². The summed E-state index contributed by atoms with van der Waals surface area (Å²) >= 11 is 1.52. The Morgan fingerprint density at radius 1 is 1.24 bits per heavy atom. The van der Waals surface area contributed by atoms with Gasteiger partial charge in [0.1, 0.15) is 5.75 Å². The van der Waals surface area contributed by atoms with Crippen molar-refractivity contribution in [2.45, 2.75) is 10.8 Å². The third kappa shape index (κ3) is 3.42. The molecule has 0 radical (unpaired) electrons. The molecule has 0 amide bonds. The number of rotatable bonds is 5. The highest BCUT2D eigenvalue weighted by Gasteiger charge is 2.44. The molecule has 0 saturated carbocycles. The predicted octanol–water partition coefficient (Wildman–Crippen LogP) is 2.33. The quantitative estimate of drug-likeness (QED) is 0.744. The number of methoxy groups -OCH3 is 2. The van der Waals surface area contributed by atoms with E-state index in [1.54, 1.807) is 12.1 Å². The molecule has 134 valence electrons. The standard InChI is InChI=1S/C17H19NO5S2/c1-22-13-4-3-5-14(8-13)25(20,21)18-9-15(12-6-7-24-11-12)16(10-18)17(19)23-2/h3-8,11,15-16H,9-10H2,1-2H3/t15-,16+/m0/s1. The Kier molecular flexibility index (Phi) is 5.12. The first-order valence-electron chi connectivity index (χ1n) is 7.71. The summed E-state index contributed by atoms with van der Waals surface area (Å²) in [6.45, 7) is 0.350. The number of hydrogen-bond acceptors (Lipinski definition) is 6. The maximum atomic E-state index is 13.0. The first kappa shape index (κ1) is 17.9. The molecule has 0 unspecified atom stereocenters. The molecular formula is C17H19NO5S2. The third-order valence-corrected chi connectivity index (χ3v) is 6.97. The average Bonchev–Trinajstić information content (AvgIpc) is 3.30. The van der Waals surface area contributed by atoms with Crippen LogP contribution in [0.15, 0.2) is 46.0 Å². The second-order valence-corrected chi connectivity index (χ2v) is 8.51. The summed E-state index contributed by atoms with van der Waals surface area (Å²) in [5.41, 5.74) is 0.962. The Bertz CT molecular complexity index is 848. The van der Waals surface area contributed by atoms with E-state index in [0.29, 0.717) is 5.75 Å². The minimum atomic E-state index is -3.72. The van der Waals surface area contributed by atoms with E-state index in [0.717, 1.165) is 5.56 Å². The highest BCUT2D eigenvalue weighted by Crippen LogP contribution is 2.37. The van der Waals surface area contributed by atoms with Crippen molar-refractivity contribution in [1.29, 1.82) is 0 Å².